The normalized spacial score (nSPS) is 12.4. The molecule has 0 saturated heterocycles. The summed E-state index contributed by atoms with van der Waals surface area (Å²) in [5, 5.41) is 4.85. The highest BCUT2D eigenvalue weighted by Gasteiger charge is 2.13. The maximum atomic E-state index is 6.24. The van der Waals surface area contributed by atoms with E-state index in [0.29, 0.717) is 15.1 Å². The van der Waals surface area contributed by atoms with Gasteiger partial charge in [-0.05, 0) is 31.0 Å². The molecule has 0 amide bonds. The van der Waals surface area contributed by atoms with Gasteiger partial charge in [-0.3, -0.25) is 0 Å². The Labute approximate surface area is 134 Å². The number of benzene rings is 2. The molecule has 0 aliphatic rings. The van der Waals surface area contributed by atoms with Gasteiger partial charge in [0.2, 0.25) is 0 Å². The van der Waals surface area contributed by atoms with Crippen LogP contribution in [0.4, 0.5) is 0 Å². The lowest BCUT2D eigenvalue weighted by Gasteiger charge is -2.17. The highest BCUT2D eigenvalue weighted by Crippen LogP contribution is 2.35. The van der Waals surface area contributed by atoms with E-state index in [2.05, 4.69) is 43.4 Å². The fraction of sp³-hybridized carbons (Fsp3) is 0.250. The van der Waals surface area contributed by atoms with Crippen molar-refractivity contribution in [3.8, 4) is 0 Å². The van der Waals surface area contributed by atoms with Crippen molar-refractivity contribution in [1.29, 1.82) is 0 Å². The molecule has 20 heavy (non-hydrogen) atoms. The first kappa shape index (κ1) is 15.7. The summed E-state index contributed by atoms with van der Waals surface area (Å²) in [5.74, 6) is 0. The van der Waals surface area contributed by atoms with Crippen LogP contribution in [0.2, 0.25) is 15.1 Å². The molecule has 1 unspecified atom stereocenters. The third-order valence-corrected chi connectivity index (χ3v) is 4.53. The minimum Gasteiger partial charge on any atom is -0.306 e. The Hall–Kier alpha value is -0.730. The van der Waals surface area contributed by atoms with E-state index >= 15 is 0 Å². The first-order valence-electron chi connectivity index (χ1n) is 6.41. The third-order valence-electron chi connectivity index (χ3n) is 3.23. The van der Waals surface area contributed by atoms with E-state index in [0.717, 1.165) is 12.1 Å². The third kappa shape index (κ3) is 3.67. The Bertz CT molecular complexity index is 611. The van der Waals surface area contributed by atoms with Crippen LogP contribution in [0.3, 0.4) is 0 Å². The molecule has 0 saturated carbocycles. The van der Waals surface area contributed by atoms with Crippen molar-refractivity contribution in [1.82, 2.24) is 5.32 Å². The predicted molar refractivity (Wildman–Crippen MR) is 87.9 cm³/mol. The summed E-state index contributed by atoms with van der Waals surface area (Å²) in [4.78, 5) is 0. The zero-order chi connectivity index (χ0) is 14.7. The predicted octanol–water partition coefficient (Wildman–Crippen LogP) is 5.81. The number of hydrogen-bond acceptors (Lipinski definition) is 1. The fourth-order valence-electron chi connectivity index (χ4n) is 2.08. The summed E-state index contributed by atoms with van der Waals surface area (Å²) in [6.45, 7) is 4.92. The average molecular weight is 329 g/mol. The van der Waals surface area contributed by atoms with Crippen molar-refractivity contribution in [2.24, 2.45) is 0 Å². The second-order valence-electron chi connectivity index (χ2n) is 4.86. The van der Waals surface area contributed by atoms with Gasteiger partial charge in [-0.1, -0.05) is 70.7 Å². The molecule has 0 bridgehead atoms. The van der Waals surface area contributed by atoms with Gasteiger partial charge in [-0.15, -0.1) is 0 Å². The van der Waals surface area contributed by atoms with Crippen molar-refractivity contribution in [3.63, 3.8) is 0 Å². The molecule has 106 valence electrons. The highest BCUT2D eigenvalue weighted by molar-refractivity contribution is 6.48. The van der Waals surface area contributed by atoms with Gasteiger partial charge in [0.15, 0.2) is 0 Å². The van der Waals surface area contributed by atoms with Crippen molar-refractivity contribution in [2.75, 3.05) is 0 Å². The lowest BCUT2D eigenvalue weighted by Crippen LogP contribution is -2.18. The molecule has 0 aliphatic carbocycles. The number of nitrogens with one attached hydrogen (secondary N) is 1. The first-order chi connectivity index (χ1) is 9.49. The Morgan fingerprint density at radius 3 is 2.50 bits per heavy atom. The maximum Gasteiger partial charge on any atom is 0.0781 e. The summed E-state index contributed by atoms with van der Waals surface area (Å²) in [5.41, 5.74) is 3.45. The van der Waals surface area contributed by atoms with Crippen LogP contribution in [0.1, 0.15) is 29.7 Å². The van der Waals surface area contributed by atoms with Crippen LogP contribution in [0.5, 0.6) is 0 Å². The standard InChI is InChI=1S/C16H16Cl3N/c1-10-4-3-5-12(8-10)9-20-11(2)13-6-7-14(17)16(19)15(13)18/h3-8,11,20H,9H2,1-2H3. The van der Waals surface area contributed by atoms with Gasteiger partial charge >= 0.3 is 0 Å². The van der Waals surface area contributed by atoms with E-state index in [4.69, 9.17) is 34.8 Å². The Morgan fingerprint density at radius 2 is 1.80 bits per heavy atom. The quantitative estimate of drug-likeness (QED) is 0.699. The number of rotatable bonds is 4. The topological polar surface area (TPSA) is 12.0 Å². The number of hydrogen-bond donors (Lipinski definition) is 1. The van der Waals surface area contributed by atoms with Gasteiger partial charge in [0.1, 0.15) is 0 Å². The maximum absolute atomic E-state index is 6.24. The molecular weight excluding hydrogens is 313 g/mol. The second kappa shape index (κ2) is 6.82. The lowest BCUT2D eigenvalue weighted by molar-refractivity contribution is 0.575. The van der Waals surface area contributed by atoms with Crippen LogP contribution in [0.25, 0.3) is 0 Å². The van der Waals surface area contributed by atoms with E-state index in [9.17, 15) is 0 Å². The highest BCUT2D eigenvalue weighted by atomic mass is 35.5. The van der Waals surface area contributed by atoms with Gasteiger partial charge in [-0.2, -0.15) is 0 Å². The fourth-order valence-corrected chi connectivity index (χ4v) is 2.78. The van der Waals surface area contributed by atoms with Crippen molar-refractivity contribution in [3.05, 3.63) is 68.2 Å². The van der Waals surface area contributed by atoms with E-state index in [-0.39, 0.29) is 6.04 Å². The molecule has 2 aromatic rings. The molecule has 2 aromatic carbocycles. The summed E-state index contributed by atoms with van der Waals surface area (Å²) < 4.78 is 0. The van der Waals surface area contributed by atoms with Gasteiger partial charge in [0, 0.05) is 12.6 Å². The molecule has 0 radical (unpaired) electrons. The summed E-state index contributed by atoms with van der Waals surface area (Å²) in [6, 6.07) is 12.2. The molecule has 1 nitrogen and oxygen atoms in total. The van der Waals surface area contributed by atoms with Crippen LogP contribution in [-0.4, -0.2) is 0 Å². The van der Waals surface area contributed by atoms with Crippen molar-refractivity contribution >= 4 is 34.8 Å². The average Bonchev–Trinajstić information content (AvgIpc) is 2.42. The summed E-state index contributed by atoms with van der Waals surface area (Å²) >= 11 is 18.3. The zero-order valence-corrected chi connectivity index (χ0v) is 13.7. The Morgan fingerprint density at radius 1 is 1.05 bits per heavy atom. The van der Waals surface area contributed by atoms with Gasteiger partial charge < -0.3 is 5.32 Å². The largest absolute Gasteiger partial charge is 0.306 e. The van der Waals surface area contributed by atoms with E-state index in [1.54, 1.807) is 6.07 Å². The SMILES string of the molecule is Cc1cccc(CNC(C)c2ccc(Cl)c(Cl)c2Cl)c1. The molecule has 1 atom stereocenters. The molecule has 0 aromatic heterocycles. The molecule has 1 N–H and O–H groups in total. The summed E-state index contributed by atoms with van der Waals surface area (Å²) in [7, 11) is 0. The Kier molecular flexibility index (Phi) is 5.34. The van der Waals surface area contributed by atoms with E-state index in [1.165, 1.54) is 11.1 Å². The second-order valence-corrected chi connectivity index (χ2v) is 6.02. The lowest BCUT2D eigenvalue weighted by atomic mass is 10.1. The van der Waals surface area contributed by atoms with Gasteiger partial charge in [0.05, 0.1) is 15.1 Å². The molecule has 4 heteroatoms. The van der Waals surface area contributed by atoms with E-state index < -0.39 is 0 Å². The smallest absolute Gasteiger partial charge is 0.0781 e. The van der Waals surface area contributed by atoms with Gasteiger partial charge in [-0.25, -0.2) is 0 Å². The molecule has 0 fully saturated rings. The van der Waals surface area contributed by atoms with Crippen LogP contribution < -0.4 is 5.32 Å². The zero-order valence-electron chi connectivity index (χ0n) is 11.4. The monoisotopic (exact) mass is 327 g/mol. The van der Waals surface area contributed by atoms with Gasteiger partial charge in [0.25, 0.3) is 0 Å². The molecular formula is C16H16Cl3N. The minimum atomic E-state index is 0.0952. The van der Waals surface area contributed by atoms with Crippen LogP contribution in [0.15, 0.2) is 36.4 Å². The van der Waals surface area contributed by atoms with Crippen molar-refractivity contribution in [2.45, 2.75) is 26.4 Å². The minimum absolute atomic E-state index is 0.0952. The number of halogens is 3. The molecule has 0 heterocycles. The van der Waals surface area contributed by atoms with Crippen LogP contribution in [0, 0.1) is 6.92 Å². The molecule has 0 spiro atoms. The molecule has 0 aliphatic heterocycles. The van der Waals surface area contributed by atoms with Crippen LogP contribution in [-0.2, 0) is 6.54 Å². The first-order valence-corrected chi connectivity index (χ1v) is 7.54. The van der Waals surface area contributed by atoms with E-state index in [1.807, 2.05) is 6.07 Å². The number of aryl methyl sites for hydroxylation is 1. The summed E-state index contributed by atoms with van der Waals surface area (Å²) in [6.07, 6.45) is 0. The molecule has 2 rings (SSSR count). The Balaban J connectivity index is 2.09. The van der Waals surface area contributed by atoms with Crippen molar-refractivity contribution < 1.29 is 0 Å². The van der Waals surface area contributed by atoms with Crippen LogP contribution >= 0.6 is 34.8 Å².